The molecule has 0 bridgehead atoms. The smallest absolute Gasteiger partial charge is 0.303 e. The molecule has 0 fully saturated rings. The molecule has 0 aliphatic rings. The molecule has 0 radical (unpaired) electrons. The van der Waals surface area contributed by atoms with E-state index >= 15 is 0 Å². The van der Waals surface area contributed by atoms with E-state index in [2.05, 4.69) is 0 Å². The molecule has 0 atom stereocenters. The second kappa shape index (κ2) is 9.08. The lowest BCUT2D eigenvalue weighted by Crippen LogP contribution is -2.28. The fourth-order valence-corrected chi connectivity index (χ4v) is 2.38. The molecular weight excluding hydrogens is 342 g/mol. The molecule has 0 spiro atoms. The Morgan fingerprint density at radius 2 is 1.88 bits per heavy atom. The zero-order valence-corrected chi connectivity index (χ0v) is 14.7. The SMILES string of the molecule is CN(CCCC(=O)O)C(=O)c1cccc(OCc2ccc(Cl)cc2)c1. The van der Waals surface area contributed by atoms with E-state index in [9.17, 15) is 9.59 Å². The van der Waals surface area contributed by atoms with Crippen molar-refractivity contribution >= 4 is 23.5 Å². The van der Waals surface area contributed by atoms with Gasteiger partial charge in [0, 0.05) is 30.6 Å². The second-order valence-electron chi connectivity index (χ2n) is 5.67. The molecule has 25 heavy (non-hydrogen) atoms. The Labute approximate surface area is 151 Å². The number of hydrogen-bond acceptors (Lipinski definition) is 3. The number of ether oxygens (including phenoxy) is 1. The highest BCUT2D eigenvalue weighted by Crippen LogP contribution is 2.17. The number of halogens is 1. The van der Waals surface area contributed by atoms with Gasteiger partial charge in [-0.2, -0.15) is 0 Å². The van der Waals surface area contributed by atoms with Crippen molar-refractivity contribution in [3.8, 4) is 5.75 Å². The fourth-order valence-electron chi connectivity index (χ4n) is 2.26. The van der Waals surface area contributed by atoms with Crippen LogP contribution in [-0.4, -0.2) is 35.5 Å². The van der Waals surface area contributed by atoms with Crippen LogP contribution >= 0.6 is 11.6 Å². The third-order valence-corrected chi connectivity index (χ3v) is 3.88. The third kappa shape index (κ3) is 6.12. The van der Waals surface area contributed by atoms with Crippen LogP contribution in [0.25, 0.3) is 0 Å². The van der Waals surface area contributed by atoms with Gasteiger partial charge >= 0.3 is 5.97 Å². The van der Waals surface area contributed by atoms with Gasteiger partial charge < -0.3 is 14.7 Å². The first-order valence-electron chi connectivity index (χ1n) is 7.90. The van der Waals surface area contributed by atoms with E-state index in [1.54, 1.807) is 43.4 Å². The number of carboxylic acids is 1. The Hall–Kier alpha value is -2.53. The van der Waals surface area contributed by atoms with Crippen LogP contribution in [0.1, 0.15) is 28.8 Å². The number of hydrogen-bond donors (Lipinski definition) is 1. The minimum absolute atomic E-state index is 0.0435. The van der Waals surface area contributed by atoms with Gasteiger partial charge in [-0.3, -0.25) is 9.59 Å². The summed E-state index contributed by atoms with van der Waals surface area (Å²) in [5, 5.41) is 9.33. The van der Waals surface area contributed by atoms with Crippen LogP contribution in [0.3, 0.4) is 0 Å². The highest BCUT2D eigenvalue weighted by atomic mass is 35.5. The first kappa shape index (κ1) is 18.8. The van der Waals surface area contributed by atoms with Crippen molar-refractivity contribution in [1.82, 2.24) is 4.90 Å². The highest BCUT2D eigenvalue weighted by Gasteiger charge is 2.12. The molecule has 0 unspecified atom stereocenters. The number of amides is 1. The molecule has 1 amide bonds. The minimum Gasteiger partial charge on any atom is -0.489 e. The topological polar surface area (TPSA) is 66.8 Å². The average Bonchev–Trinajstić information content (AvgIpc) is 2.60. The van der Waals surface area contributed by atoms with Crippen molar-refractivity contribution < 1.29 is 19.4 Å². The minimum atomic E-state index is -0.863. The van der Waals surface area contributed by atoms with E-state index in [0.29, 0.717) is 35.9 Å². The molecule has 0 aromatic heterocycles. The van der Waals surface area contributed by atoms with Crippen molar-refractivity contribution in [2.24, 2.45) is 0 Å². The maximum absolute atomic E-state index is 12.4. The predicted octanol–water partition coefficient (Wildman–Crippen LogP) is 3.86. The van der Waals surface area contributed by atoms with Crippen LogP contribution < -0.4 is 4.74 Å². The Bertz CT molecular complexity index is 730. The zero-order chi connectivity index (χ0) is 18.2. The van der Waals surface area contributed by atoms with Crippen LogP contribution in [0.5, 0.6) is 5.75 Å². The first-order valence-corrected chi connectivity index (χ1v) is 8.28. The maximum atomic E-state index is 12.4. The number of aliphatic carboxylic acids is 1. The van der Waals surface area contributed by atoms with Gasteiger partial charge in [0.25, 0.3) is 5.91 Å². The maximum Gasteiger partial charge on any atom is 0.303 e. The molecule has 132 valence electrons. The van der Waals surface area contributed by atoms with E-state index < -0.39 is 5.97 Å². The molecule has 0 saturated heterocycles. The van der Waals surface area contributed by atoms with E-state index in [1.807, 2.05) is 12.1 Å². The number of rotatable bonds is 8. The number of nitrogens with zero attached hydrogens (tertiary/aromatic N) is 1. The Morgan fingerprint density at radius 3 is 2.56 bits per heavy atom. The summed E-state index contributed by atoms with van der Waals surface area (Å²) in [4.78, 5) is 24.5. The molecular formula is C19H20ClNO4. The molecule has 1 N–H and O–H groups in total. The van der Waals surface area contributed by atoms with Crippen LogP contribution in [0.4, 0.5) is 0 Å². The largest absolute Gasteiger partial charge is 0.489 e. The average molecular weight is 362 g/mol. The van der Waals surface area contributed by atoms with E-state index in [0.717, 1.165) is 5.56 Å². The van der Waals surface area contributed by atoms with Crippen molar-refractivity contribution in [3.63, 3.8) is 0 Å². The summed E-state index contributed by atoms with van der Waals surface area (Å²) in [6, 6.07) is 14.3. The number of carbonyl (C=O) groups is 2. The molecule has 0 heterocycles. The summed E-state index contributed by atoms with van der Waals surface area (Å²) < 4.78 is 5.72. The summed E-state index contributed by atoms with van der Waals surface area (Å²) in [5.41, 5.74) is 1.48. The lowest BCUT2D eigenvalue weighted by Gasteiger charge is -2.17. The predicted molar refractivity (Wildman–Crippen MR) is 96.1 cm³/mol. The van der Waals surface area contributed by atoms with Gasteiger partial charge in [-0.25, -0.2) is 0 Å². The van der Waals surface area contributed by atoms with Gasteiger partial charge in [-0.15, -0.1) is 0 Å². The summed E-state index contributed by atoms with van der Waals surface area (Å²) in [5.74, 6) is -0.430. The van der Waals surface area contributed by atoms with Gasteiger partial charge in [-0.1, -0.05) is 29.8 Å². The van der Waals surface area contributed by atoms with Crippen LogP contribution in [-0.2, 0) is 11.4 Å². The summed E-state index contributed by atoms with van der Waals surface area (Å²) in [7, 11) is 1.66. The van der Waals surface area contributed by atoms with E-state index in [1.165, 1.54) is 4.90 Å². The van der Waals surface area contributed by atoms with Crippen molar-refractivity contribution in [2.75, 3.05) is 13.6 Å². The summed E-state index contributed by atoms with van der Waals surface area (Å²) in [6.45, 7) is 0.768. The van der Waals surface area contributed by atoms with E-state index in [-0.39, 0.29) is 12.3 Å². The molecule has 2 aromatic rings. The quantitative estimate of drug-likeness (QED) is 0.775. The van der Waals surface area contributed by atoms with Crippen molar-refractivity contribution in [1.29, 1.82) is 0 Å². The van der Waals surface area contributed by atoms with Crippen molar-refractivity contribution in [2.45, 2.75) is 19.4 Å². The highest BCUT2D eigenvalue weighted by molar-refractivity contribution is 6.30. The standard InChI is InChI=1S/C19H20ClNO4/c1-21(11-3-6-18(22)23)19(24)15-4-2-5-17(12-15)25-13-14-7-9-16(20)10-8-14/h2,4-5,7-10,12H,3,6,11,13H2,1H3,(H,22,23). The summed E-state index contributed by atoms with van der Waals surface area (Å²) in [6.07, 6.45) is 0.464. The van der Waals surface area contributed by atoms with Gasteiger partial charge in [0.1, 0.15) is 12.4 Å². The first-order chi connectivity index (χ1) is 12.0. The Balaban J connectivity index is 1.94. The Kier molecular flexibility index (Phi) is 6.83. The molecule has 6 heteroatoms. The lowest BCUT2D eigenvalue weighted by atomic mass is 10.2. The van der Waals surface area contributed by atoms with Crippen LogP contribution in [0, 0.1) is 0 Å². The van der Waals surface area contributed by atoms with Crippen molar-refractivity contribution in [3.05, 3.63) is 64.7 Å². The van der Waals surface area contributed by atoms with E-state index in [4.69, 9.17) is 21.4 Å². The molecule has 5 nitrogen and oxygen atoms in total. The third-order valence-electron chi connectivity index (χ3n) is 3.63. The molecule has 0 saturated carbocycles. The lowest BCUT2D eigenvalue weighted by molar-refractivity contribution is -0.137. The van der Waals surface area contributed by atoms with Crippen LogP contribution in [0.2, 0.25) is 5.02 Å². The Morgan fingerprint density at radius 1 is 1.16 bits per heavy atom. The molecule has 0 aliphatic heterocycles. The fraction of sp³-hybridized carbons (Fsp3) is 0.263. The molecule has 2 rings (SSSR count). The van der Waals surface area contributed by atoms with Gasteiger partial charge in [0.05, 0.1) is 0 Å². The summed E-state index contributed by atoms with van der Waals surface area (Å²) >= 11 is 5.85. The molecule has 2 aromatic carbocycles. The van der Waals surface area contributed by atoms with Gasteiger partial charge in [-0.05, 0) is 42.3 Å². The van der Waals surface area contributed by atoms with Gasteiger partial charge in [0.2, 0.25) is 0 Å². The second-order valence-corrected chi connectivity index (χ2v) is 6.10. The zero-order valence-electron chi connectivity index (χ0n) is 13.9. The number of benzene rings is 2. The number of carboxylic acid groups (broad SMARTS) is 1. The normalized spacial score (nSPS) is 10.3. The number of carbonyl (C=O) groups excluding carboxylic acids is 1. The van der Waals surface area contributed by atoms with Gasteiger partial charge in [0.15, 0.2) is 0 Å². The van der Waals surface area contributed by atoms with Crippen LogP contribution in [0.15, 0.2) is 48.5 Å². The monoisotopic (exact) mass is 361 g/mol. The molecule has 0 aliphatic carbocycles.